The van der Waals surface area contributed by atoms with Crippen molar-refractivity contribution in [2.75, 3.05) is 0 Å². The van der Waals surface area contributed by atoms with Crippen molar-refractivity contribution in [3.63, 3.8) is 0 Å². The van der Waals surface area contributed by atoms with Crippen LogP contribution in [0.3, 0.4) is 0 Å². The molecule has 0 fully saturated rings. The number of hydrogen-bond donors (Lipinski definition) is 0. The second-order valence-corrected chi connectivity index (χ2v) is 38.2. The molecular weight excluding hydrogens is 1840 g/mol. The van der Waals surface area contributed by atoms with E-state index in [0.717, 1.165) is 265 Å². The number of para-hydroxylation sites is 3. The summed E-state index contributed by atoms with van der Waals surface area (Å²) in [5, 5.41) is 12.5. The molecule has 0 aliphatic rings. The summed E-state index contributed by atoms with van der Waals surface area (Å²) >= 11 is 0. The van der Waals surface area contributed by atoms with Gasteiger partial charge in [0.2, 0.25) is 0 Å². The fourth-order valence-electron chi connectivity index (χ4n) is 21.4. The molecule has 9 heterocycles. The number of hydrogen-bond acceptors (Lipinski definition) is 15. The summed E-state index contributed by atoms with van der Waals surface area (Å²) in [7, 11) is 0. The highest BCUT2D eigenvalue weighted by Crippen LogP contribution is 2.46. The molecule has 0 radical (unpaired) electrons. The van der Waals surface area contributed by atoms with Gasteiger partial charge in [-0.15, -0.1) is 0 Å². The van der Waals surface area contributed by atoms with Gasteiger partial charge in [0, 0.05) is 115 Å². The second-order valence-electron chi connectivity index (χ2n) is 38.2. The van der Waals surface area contributed by atoms with Crippen LogP contribution in [0.15, 0.2) is 494 Å². The Morgan fingerprint density at radius 1 is 0.100 bits per heavy atom. The van der Waals surface area contributed by atoms with Crippen molar-refractivity contribution in [1.29, 1.82) is 0 Å². The molecule has 0 saturated heterocycles. The van der Waals surface area contributed by atoms with Gasteiger partial charge in [0.05, 0.1) is 0 Å². The lowest BCUT2D eigenvalue weighted by Crippen LogP contribution is -2.00. The molecule has 0 aliphatic carbocycles. The number of fused-ring (bicyclic) bond motifs is 18. The van der Waals surface area contributed by atoms with E-state index in [1.54, 1.807) is 0 Å². The van der Waals surface area contributed by atoms with Crippen LogP contribution >= 0.6 is 0 Å². The Hall–Kier alpha value is -20.6. The van der Waals surface area contributed by atoms with Gasteiger partial charge >= 0.3 is 0 Å². The average molecular weight is 1920 g/mol. The molecule has 0 saturated carbocycles. The molecule has 21 aromatic carbocycles. The van der Waals surface area contributed by atoms with Crippen LogP contribution in [-0.4, -0.2) is 44.9 Å². The van der Waals surface area contributed by atoms with E-state index in [-0.39, 0.29) is 0 Å². The molecule has 0 spiro atoms. The van der Waals surface area contributed by atoms with Crippen LogP contribution in [0, 0.1) is 0 Å². The van der Waals surface area contributed by atoms with Crippen molar-refractivity contribution in [2.24, 2.45) is 0 Å². The van der Waals surface area contributed by atoms with Crippen LogP contribution in [0.25, 0.3) is 323 Å². The minimum Gasteiger partial charge on any atom is -0.456 e. The van der Waals surface area contributed by atoms with Gasteiger partial charge in [-0.05, 0) is 222 Å². The first-order valence-corrected chi connectivity index (χ1v) is 49.9. The van der Waals surface area contributed by atoms with E-state index < -0.39 is 0 Å². The third-order valence-electron chi connectivity index (χ3n) is 29.1. The quantitative estimate of drug-likeness (QED) is 0.0834. The lowest BCUT2D eigenvalue weighted by atomic mass is 9.98. The van der Waals surface area contributed by atoms with Gasteiger partial charge in [-0.2, -0.15) is 0 Å². The van der Waals surface area contributed by atoms with E-state index in [1.165, 1.54) is 0 Å². The van der Waals surface area contributed by atoms with Crippen LogP contribution in [0.4, 0.5) is 0 Å². The smallest absolute Gasteiger partial charge is 0.164 e. The van der Waals surface area contributed by atoms with Crippen LogP contribution in [0.2, 0.25) is 0 Å². The van der Waals surface area contributed by atoms with Crippen LogP contribution in [0.5, 0.6) is 0 Å². The van der Waals surface area contributed by atoms with E-state index in [4.69, 9.17) is 71.4 Å². The summed E-state index contributed by atoms with van der Waals surface area (Å²) in [5.74, 6) is 4.79. The van der Waals surface area contributed by atoms with Crippen molar-refractivity contribution in [3.05, 3.63) is 467 Å². The van der Waals surface area contributed by atoms with E-state index in [2.05, 4.69) is 346 Å². The zero-order valence-electron chi connectivity index (χ0n) is 79.9. The first kappa shape index (κ1) is 85.1. The second kappa shape index (κ2) is 34.6. The number of rotatable bonds is 17. The van der Waals surface area contributed by atoms with Crippen molar-refractivity contribution in [2.45, 2.75) is 0 Å². The van der Waals surface area contributed by atoms with Gasteiger partial charge in [0.1, 0.15) is 67.0 Å². The van der Waals surface area contributed by atoms with Gasteiger partial charge in [-0.3, -0.25) is 0 Å². The number of aromatic nitrogens is 9. The Bertz CT molecular complexity index is 10700. The topological polar surface area (TPSA) is 195 Å². The molecule has 0 N–H and O–H groups in total. The van der Waals surface area contributed by atoms with Crippen LogP contribution in [0.1, 0.15) is 0 Å². The molecule has 0 atom stereocenters. The molecule has 698 valence electrons. The zero-order chi connectivity index (χ0) is 98.5. The van der Waals surface area contributed by atoms with Gasteiger partial charge in [-0.25, -0.2) is 44.9 Å². The fourth-order valence-corrected chi connectivity index (χ4v) is 21.4. The van der Waals surface area contributed by atoms with Crippen molar-refractivity contribution >= 4 is 132 Å². The summed E-state index contributed by atoms with van der Waals surface area (Å²) in [6.45, 7) is 0. The minimum absolute atomic E-state index is 0.498. The van der Waals surface area contributed by atoms with Gasteiger partial charge in [0.25, 0.3) is 0 Å². The van der Waals surface area contributed by atoms with E-state index in [9.17, 15) is 0 Å². The number of nitrogens with zero attached hydrogens (tertiary/aromatic N) is 9. The number of furan rings is 6. The largest absolute Gasteiger partial charge is 0.456 e. The normalized spacial score (nSPS) is 11.9. The lowest BCUT2D eigenvalue weighted by molar-refractivity contribution is 0.668. The highest BCUT2D eigenvalue weighted by atomic mass is 16.3. The van der Waals surface area contributed by atoms with Crippen molar-refractivity contribution in [3.8, 4) is 192 Å². The molecule has 15 heteroatoms. The minimum atomic E-state index is 0.498. The maximum absolute atomic E-state index is 6.83. The highest BCUT2D eigenvalue weighted by Gasteiger charge is 2.25. The molecule has 0 bridgehead atoms. The molecule has 0 amide bonds. The Labute approximate surface area is 855 Å². The van der Waals surface area contributed by atoms with E-state index in [1.807, 2.05) is 121 Å². The van der Waals surface area contributed by atoms with Crippen LogP contribution < -0.4 is 0 Å². The van der Waals surface area contributed by atoms with Gasteiger partial charge in [0.15, 0.2) is 52.4 Å². The average Bonchev–Trinajstić information content (AvgIpc) is 1.61. The third-order valence-corrected chi connectivity index (χ3v) is 29.1. The number of benzene rings is 21. The van der Waals surface area contributed by atoms with E-state index >= 15 is 0 Å². The molecular formula is C135H77N9O6. The summed E-state index contributed by atoms with van der Waals surface area (Å²) in [4.78, 5) is 47.2. The van der Waals surface area contributed by atoms with Crippen molar-refractivity contribution in [1.82, 2.24) is 44.9 Å². The molecule has 15 nitrogen and oxygen atoms in total. The lowest BCUT2D eigenvalue weighted by Gasteiger charge is -2.11. The fraction of sp³-hybridized carbons (Fsp3) is 0. The van der Waals surface area contributed by atoms with E-state index in [0.29, 0.717) is 58.0 Å². The molecule has 30 rings (SSSR count). The Morgan fingerprint density at radius 2 is 0.293 bits per heavy atom. The molecule has 9 aromatic heterocycles. The molecule has 150 heavy (non-hydrogen) atoms. The SMILES string of the molecule is c1ccc(-c2ccc(-c3nc(-c4cccc(-c5ccc(-c6ccc(-c7nc(-c8cccc(-c9ccc(-c%10ccc(-c%11nc(-c%12ccccc%12)nc(-c%12ccc%13c(c%12)oc%12cc(-c%14cccc%15oc%16ccccc%16c%14%15)ccc%12%13)n%11)cc%10)cc9)c8)nc(-c8ccc9c(c8)oc8cc(-c%10ccc%11oc%12ccccc%12c%11c%10)ccc89)n7)cc6)cc5)c4)nc(-c4ccc5c(c4)oc4cc(-c6ccc7c(c6)oc6ccccc67)ccc45)n3)cc2)cc1. The Morgan fingerprint density at radius 3 is 0.680 bits per heavy atom. The van der Waals surface area contributed by atoms with Crippen LogP contribution in [-0.2, 0) is 0 Å². The predicted molar refractivity (Wildman–Crippen MR) is 603 cm³/mol. The molecule has 0 aliphatic heterocycles. The summed E-state index contributed by atoms with van der Waals surface area (Å²) < 4.78 is 39.1. The predicted octanol–water partition coefficient (Wildman–Crippen LogP) is 36.0. The standard InChI is InChI=1S/C135H77N9O6/c1-3-16-78(17-4-1)79-40-46-88(47-41-79)129-138-131(143-134(141-129)101-58-65-110-107-62-54-95(73-121(107)149-124(110)77-101)94-53-60-105-103-24-7-10-28-114(103)147-119(105)72-94)97-22-13-20-90(68-97)85-38-34-81(35-39-85)83-44-50-89(51-45-83)130-139-132(144-135(142-130)100-57-64-109-106-61-52-93(71-120(106)148-123(109)76-100)92-59-67-117-113(70-92)104-25-8-11-29-115(104)145-117)98-23-14-21-91(69-98)84-36-32-80(33-37-84)82-42-48-87(49-43-82)128-136-127(86-18-5-2-6-19-86)137-133(140-128)99-56-66-111-108-63-55-96(74-122(108)150-125(111)75-99)102-27-15-31-118-126(102)112-26-9-12-30-116(112)146-118/h1-77H. The third kappa shape index (κ3) is 15.0. The zero-order valence-corrected chi connectivity index (χ0v) is 79.9. The first-order chi connectivity index (χ1) is 74.1. The Balaban J connectivity index is 0.450. The van der Waals surface area contributed by atoms with Crippen molar-refractivity contribution < 1.29 is 26.5 Å². The monoisotopic (exact) mass is 1920 g/mol. The summed E-state index contributed by atoms with van der Waals surface area (Å²) in [6.07, 6.45) is 0. The highest BCUT2D eigenvalue weighted by molar-refractivity contribution is 6.16. The Kier molecular flexibility index (Phi) is 19.6. The summed E-state index contributed by atoms with van der Waals surface area (Å²) in [5.41, 5.74) is 33.8. The first-order valence-electron chi connectivity index (χ1n) is 49.9. The van der Waals surface area contributed by atoms with Gasteiger partial charge in [-0.1, -0.05) is 334 Å². The molecule has 0 unspecified atom stereocenters. The maximum Gasteiger partial charge on any atom is 0.164 e. The summed E-state index contributed by atoms with van der Waals surface area (Å²) in [6, 6.07) is 161. The maximum atomic E-state index is 6.83. The molecule has 30 aromatic rings. The van der Waals surface area contributed by atoms with Gasteiger partial charge < -0.3 is 26.5 Å².